The average Bonchev–Trinajstić information content (AvgIpc) is 2.80. The fraction of sp³-hybridized carbons (Fsp3) is 0.667. The lowest BCUT2D eigenvalue weighted by Gasteiger charge is -2.17. The molecule has 0 radical (unpaired) electrons. The summed E-state index contributed by atoms with van der Waals surface area (Å²) >= 11 is 0. The number of aromatic nitrogens is 2. The highest BCUT2D eigenvalue weighted by atomic mass is 19.1. The van der Waals surface area contributed by atoms with E-state index in [2.05, 4.69) is 0 Å². The number of nitrogens with zero attached hydrogens (tertiary/aromatic N) is 2. The molecule has 2 rings (SSSR count). The van der Waals surface area contributed by atoms with Gasteiger partial charge < -0.3 is 9.84 Å². The summed E-state index contributed by atoms with van der Waals surface area (Å²) in [6.07, 6.45) is -2.11. The quantitative estimate of drug-likeness (QED) is 0.841. The molecule has 0 bridgehead atoms. The molecule has 0 spiro atoms. The van der Waals surface area contributed by atoms with Gasteiger partial charge in [-0.15, -0.1) is 0 Å². The molecule has 20 heavy (non-hydrogen) atoms. The fourth-order valence-corrected chi connectivity index (χ4v) is 2.27. The Hall–Kier alpha value is -1.54. The van der Waals surface area contributed by atoms with E-state index in [4.69, 9.17) is 9.84 Å². The van der Waals surface area contributed by atoms with Crippen LogP contribution in [0.2, 0.25) is 0 Å². The zero-order valence-corrected chi connectivity index (χ0v) is 11.0. The maximum Gasteiger partial charge on any atom is 0.333 e. The Bertz CT molecular complexity index is 598. The molecule has 1 aliphatic heterocycles. The molecule has 1 aromatic heterocycles. The first-order chi connectivity index (χ1) is 9.49. The number of halogens is 2. The molecular weight excluding hydrogens is 274 g/mol. The summed E-state index contributed by atoms with van der Waals surface area (Å²) < 4.78 is 33.1. The van der Waals surface area contributed by atoms with Gasteiger partial charge in [-0.05, 0) is 6.92 Å². The van der Waals surface area contributed by atoms with Crippen LogP contribution in [0, 0.1) is 6.92 Å². The summed E-state index contributed by atoms with van der Waals surface area (Å²) in [5, 5.41) is 8.95. The summed E-state index contributed by atoms with van der Waals surface area (Å²) in [6.45, 7) is -0.211. The van der Waals surface area contributed by atoms with Gasteiger partial charge in [0.15, 0.2) is 0 Å². The van der Waals surface area contributed by atoms with Gasteiger partial charge in [0.25, 0.3) is 5.56 Å². The second kappa shape index (κ2) is 5.84. The minimum absolute atomic E-state index is 0.0988. The van der Waals surface area contributed by atoms with Gasteiger partial charge in [-0.1, -0.05) is 0 Å². The summed E-state index contributed by atoms with van der Waals surface area (Å²) in [6, 6.07) is 0. The van der Waals surface area contributed by atoms with Gasteiger partial charge in [0.2, 0.25) is 0 Å². The number of aliphatic hydroxyl groups excluding tert-OH is 1. The molecule has 0 amide bonds. The van der Waals surface area contributed by atoms with E-state index < -0.39 is 43.0 Å². The third-order valence-electron chi connectivity index (χ3n) is 3.33. The van der Waals surface area contributed by atoms with Crippen LogP contribution in [-0.4, -0.2) is 39.8 Å². The first-order valence-corrected chi connectivity index (χ1v) is 6.28. The Morgan fingerprint density at radius 2 is 2.20 bits per heavy atom. The minimum Gasteiger partial charge on any atom is -0.394 e. The topological polar surface area (TPSA) is 73.5 Å². The van der Waals surface area contributed by atoms with Crippen LogP contribution in [0.15, 0.2) is 15.8 Å². The smallest absolute Gasteiger partial charge is 0.333 e. The van der Waals surface area contributed by atoms with Crippen molar-refractivity contribution in [2.45, 2.75) is 38.4 Å². The van der Waals surface area contributed by atoms with Crippen molar-refractivity contribution < 1.29 is 18.6 Å². The van der Waals surface area contributed by atoms with Crippen LogP contribution in [0.3, 0.4) is 0 Å². The average molecular weight is 290 g/mol. The molecule has 1 aromatic rings. The molecule has 112 valence electrons. The number of hydrogen-bond donors (Lipinski definition) is 1. The zero-order valence-electron chi connectivity index (χ0n) is 11.0. The van der Waals surface area contributed by atoms with Crippen LogP contribution < -0.4 is 11.2 Å². The van der Waals surface area contributed by atoms with Gasteiger partial charge in [-0.2, -0.15) is 0 Å². The third kappa shape index (κ3) is 2.53. The van der Waals surface area contributed by atoms with E-state index in [-0.39, 0.29) is 18.5 Å². The van der Waals surface area contributed by atoms with E-state index in [1.54, 1.807) is 0 Å². The van der Waals surface area contributed by atoms with Crippen molar-refractivity contribution in [1.82, 2.24) is 9.13 Å². The lowest BCUT2D eigenvalue weighted by Crippen LogP contribution is -2.42. The van der Waals surface area contributed by atoms with Gasteiger partial charge in [0.1, 0.15) is 25.2 Å². The number of ether oxygens (including phenoxy) is 1. The molecule has 1 saturated heterocycles. The Morgan fingerprint density at radius 1 is 1.50 bits per heavy atom. The molecule has 0 unspecified atom stereocenters. The van der Waals surface area contributed by atoms with E-state index in [9.17, 15) is 18.4 Å². The van der Waals surface area contributed by atoms with Crippen LogP contribution >= 0.6 is 0 Å². The largest absolute Gasteiger partial charge is 0.394 e. The second-order valence-corrected chi connectivity index (χ2v) is 4.71. The van der Waals surface area contributed by atoms with Crippen LogP contribution in [-0.2, 0) is 11.3 Å². The lowest BCUT2D eigenvalue weighted by molar-refractivity contribution is -0.0362. The van der Waals surface area contributed by atoms with Gasteiger partial charge in [0, 0.05) is 18.2 Å². The van der Waals surface area contributed by atoms with E-state index >= 15 is 0 Å². The first kappa shape index (κ1) is 14.9. The van der Waals surface area contributed by atoms with Gasteiger partial charge in [-0.3, -0.25) is 13.9 Å². The maximum atomic E-state index is 13.6. The Labute approximate surface area is 113 Å². The van der Waals surface area contributed by atoms with E-state index in [0.29, 0.717) is 0 Å². The number of aliphatic hydroxyl groups is 1. The highest BCUT2D eigenvalue weighted by Gasteiger charge is 2.36. The third-order valence-corrected chi connectivity index (χ3v) is 3.33. The van der Waals surface area contributed by atoms with Gasteiger partial charge >= 0.3 is 5.69 Å². The van der Waals surface area contributed by atoms with E-state index in [0.717, 1.165) is 9.13 Å². The molecule has 0 saturated carbocycles. The van der Waals surface area contributed by atoms with Crippen molar-refractivity contribution in [2.24, 2.45) is 0 Å². The van der Waals surface area contributed by atoms with Gasteiger partial charge in [0.05, 0.1) is 13.2 Å². The number of alkyl halides is 2. The van der Waals surface area contributed by atoms with Gasteiger partial charge in [-0.25, -0.2) is 13.6 Å². The molecule has 1 N–H and O–H groups in total. The number of hydrogen-bond acceptors (Lipinski definition) is 4. The van der Waals surface area contributed by atoms with Crippen molar-refractivity contribution in [1.29, 1.82) is 0 Å². The highest BCUT2D eigenvalue weighted by molar-refractivity contribution is 5.04. The fourth-order valence-electron chi connectivity index (χ4n) is 2.27. The monoisotopic (exact) mass is 290 g/mol. The van der Waals surface area contributed by atoms with Crippen molar-refractivity contribution in [3.63, 3.8) is 0 Å². The van der Waals surface area contributed by atoms with Crippen molar-refractivity contribution in [2.75, 3.05) is 13.3 Å². The molecule has 3 atom stereocenters. The number of rotatable bonds is 4. The second-order valence-electron chi connectivity index (χ2n) is 4.71. The Morgan fingerprint density at radius 3 is 2.75 bits per heavy atom. The maximum absolute atomic E-state index is 13.6. The Kier molecular flexibility index (Phi) is 4.34. The van der Waals surface area contributed by atoms with Crippen LogP contribution in [0.4, 0.5) is 8.78 Å². The minimum atomic E-state index is -1.39. The van der Waals surface area contributed by atoms with E-state index in [1.807, 2.05) is 0 Å². The van der Waals surface area contributed by atoms with Crippen molar-refractivity contribution in [3.05, 3.63) is 32.6 Å². The molecule has 0 aromatic carbocycles. The highest BCUT2D eigenvalue weighted by Crippen LogP contribution is 2.29. The molecule has 8 heteroatoms. The van der Waals surface area contributed by atoms with Crippen molar-refractivity contribution in [3.8, 4) is 0 Å². The Balaban J connectivity index is 2.43. The molecule has 6 nitrogen and oxygen atoms in total. The van der Waals surface area contributed by atoms with E-state index in [1.165, 1.54) is 13.1 Å². The lowest BCUT2D eigenvalue weighted by atomic mass is 10.2. The zero-order chi connectivity index (χ0) is 14.9. The summed E-state index contributed by atoms with van der Waals surface area (Å²) in [5.41, 5.74) is -1.07. The normalized spacial score (nSPS) is 26.1. The van der Waals surface area contributed by atoms with Crippen LogP contribution in [0.1, 0.15) is 18.2 Å². The van der Waals surface area contributed by atoms with Crippen LogP contribution in [0.25, 0.3) is 0 Å². The molecular formula is C12H16F2N2O4. The molecule has 2 heterocycles. The molecule has 1 aliphatic rings. The first-order valence-electron chi connectivity index (χ1n) is 6.28. The summed E-state index contributed by atoms with van der Waals surface area (Å²) in [4.78, 5) is 23.9. The summed E-state index contributed by atoms with van der Waals surface area (Å²) in [5.74, 6) is 0. The summed E-state index contributed by atoms with van der Waals surface area (Å²) in [7, 11) is 0. The SMILES string of the molecule is Cc1cn([C@H]2C[C@@H](F)[C@@H](CO)O2)c(=O)n(CCF)c1=O. The molecule has 0 aliphatic carbocycles. The van der Waals surface area contributed by atoms with Crippen LogP contribution in [0.5, 0.6) is 0 Å². The predicted octanol–water partition coefficient (Wildman–Crippen LogP) is -0.0942. The van der Waals surface area contributed by atoms with Crippen molar-refractivity contribution >= 4 is 0 Å². The number of aryl methyl sites for hydroxylation is 1. The standard InChI is InChI=1S/C12H16F2N2O4/c1-7-5-16(10-4-8(14)9(6-17)20-10)12(19)15(3-2-13)11(7)18/h5,8-10,17H,2-4,6H2,1H3/t8-,9-,10-/m1/s1. The predicted molar refractivity (Wildman–Crippen MR) is 66.2 cm³/mol. The molecule has 1 fully saturated rings.